The number of amides is 1. The maximum atomic E-state index is 12.6. The third-order valence-electron chi connectivity index (χ3n) is 3.94. The van der Waals surface area contributed by atoms with Crippen molar-refractivity contribution >= 4 is 11.9 Å². The second kappa shape index (κ2) is 8.57. The predicted molar refractivity (Wildman–Crippen MR) is 89.7 cm³/mol. The average molecular weight is 335 g/mol. The monoisotopic (exact) mass is 335 g/mol. The van der Waals surface area contributed by atoms with Gasteiger partial charge < -0.3 is 19.5 Å². The van der Waals surface area contributed by atoms with Gasteiger partial charge >= 0.3 is 5.97 Å². The van der Waals surface area contributed by atoms with Gasteiger partial charge in [-0.05, 0) is 37.5 Å². The van der Waals surface area contributed by atoms with E-state index >= 15 is 0 Å². The molecule has 1 aliphatic heterocycles. The minimum atomic E-state index is -0.847. The van der Waals surface area contributed by atoms with Crippen molar-refractivity contribution in [1.29, 1.82) is 0 Å². The van der Waals surface area contributed by atoms with Gasteiger partial charge in [-0.1, -0.05) is 13.8 Å². The molecule has 1 saturated heterocycles. The van der Waals surface area contributed by atoms with Crippen molar-refractivity contribution in [3.05, 3.63) is 23.8 Å². The number of rotatable bonds is 8. The fourth-order valence-corrected chi connectivity index (χ4v) is 2.63. The van der Waals surface area contributed by atoms with Crippen LogP contribution in [-0.2, 0) is 4.79 Å². The molecule has 1 aromatic rings. The van der Waals surface area contributed by atoms with E-state index in [4.69, 9.17) is 14.6 Å². The number of hydrogen-bond donors (Lipinski definition) is 1. The maximum absolute atomic E-state index is 12.6. The SMILES string of the molecule is CCCOc1ccc(C(=O)N2CC[C@@H](C(=O)O)C2)cc1OCCC. The van der Waals surface area contributed by atoms with Crippen LogP contribution in [0.25, 0.3) is 0 Å². The number of carbonyl (C=O) groups excluding carboxylic acids is 1. The zero-order chi connectivity index (χ0) is 17.5. The number of carbonyl (C=O) groups is 2. The van der Waals surface area contributed by atoms with E-state index in [2.05, 4.69) is 0 Å². The van der Waals surface area contributed by atoms with Crippen molar-refractivity contribution in [1.82, 2.24) is 4.90 Å². The lowest BCUT2D eigenvalue weighted by Gasteiger charge is -2.18. The second-order valence-electron chi connectivity index (χ2n) is 5.93. The Kier molecular flexibility index (Phi) is 6.46. The molecule has 24 heavy (non-hydrogen) atoms. The van der Waals surface area contributed by atoms with Crippen LogP contribution in [0.4, 0.5) is 0 Å². The maximum Gasteiger partial charge on any atom is 0.308 e. The van der Waals surface area contributed by atoms with Crippen LogP contribution in [0.15, 0.2) is 18.2 Å². The van der Waals surface area contributed by atoms with Crippen LogP contribution < -0.4 is 9.47 Å². The molecule has 0 radical (unpaired) electrons. The smallest absolute Gasteiger partial charge is 0.308 e. The van der Waals surface area contributed by atoms with Gasteiger partial charge in [-0.3, -0.25) is 9.59 Å². The van der Waals surface area contributed by atoms with E-state index in [1.807, 2.05) is 13.8 Å². The number of ether oxygens (including phenoxy) is 2. The van der Waals surface area contributed by atoms with Gasteiger partial charge in [-0.25, -0.2) is 0 Å². The Hall–Kier alpha value is -2.24. The molecule has 1 aliphatic rings. The van der Waals surface area contributed by atoms with E-state index in [0.717, 1.165) is 12.8 Å². The van der Waals surface area contributed by atoms with E-state index in [9.17, 15) is 9.59 Å². The summed E-state index contributed by atoms with van der Waals surface area (Å²) in [7, 11) is 0. The summed E-state index contributed by atoms with van der Waals surface area (Å²) in [5, 5.41) is 9.07. The summed E-state index contributed by atoms with van der Waals surface area (Å²) in [6, 6.07) is 5.15. The average Bonchev–Trinajstić information content (AvgIpc) is 3.08. The first-order chi connectivity index (χ1) is 11.6. The molecule has 0 spiro atoms. The fourth-order valence-electron chi connectivity index (χ4n) is 2.63. The van der Waals surface area contributed by atoms with Gasteiger partial charge in [0.15, 0.2) is 11.5 Å². The minimum absolute atomic E-state index is 0.165. The van der Waals surface area contributed by atoms with Crippen LogP contribution in [0.3, 0.4) is 0 Å². The van der Waals surface area contributed by atoms with Crippen LogP contribution in [0.5, 0.6) is 11.5 Å². The largest absolute Gasteiger partial charge is 0.490 e. The van der Waals surface area contributed by atoms with Crippen LogP contribution in [0.2, 0.25) is 0 Å². The molecule has 1 heterocycles. The van der Waals surface area contributed by atoms with Gasteiger partial charge in [-0.15, -0.1) is 0 Å². The highest BCUT2D eigenvalue weighted by atomic mass is 16.5. The standard InChI is InChI=1S/C18H25NO5/c1-3-9-23-15-6-5-13(11-16(15)24-10-4-2)17(20)19-8-7-14(12-19)18(21)22/h5-6,11,14H,3-4,7-10,12H2,1-2H3,(H,21,22)/t14-/m1/s1. The molecule has 0 aliphatic carbocycles. The van der Waals surface area contributed by atoms with Crippen LogP contribution in [0.1, 0.15) is 43.5 Å². The first-order valence-corrected chi connectivity index (χ1v) is 8.48. The van der Waals surface area contributed by atoms with Crippen molar-refractivity contribution < 1.29 is 24.2 Å². The molecule has 2 rings (SSSR count). The van der Waals surface area contributed by atoms with E-state index in [0.29, 0.717) is 43.2 Å². The highest BCUT2D eigenvalue weighted by molar-refractivity contribution is 5.95. The highest BCUT2D eigenvalue weighted by Gasteiger charge is 2.31. The first kappa shape index (κ1) is 18.1. The lowest BCUT2D eigenvalue weighted by Crippen LogP contribution is -2.29. The molecule has 0 bridgehead atoms. The summed E-state index contributed by atoms with van der Waals surface area (Å²) in [6.07, 6.45) is 2.24. The van der Waals surface area contributed by atoms with Crippen molar-refractivity contribution in [3.8, 4) is 11.5 Å². The van der Waals surface area contributed by atoms with Gasteiger partial charge in [0.25, 0.3) is 5.91 Å². The molecule has 1 atom stereocenters. The van der Waals surface area contributed by atoms with Crippen LogP contribution in [-0.4, -0.2) is 48.2 Å². The summed E-state index contributed by atoms with van der Waals surface area (Å²) >= 11 is 0. The van der Waals surface area contributed by atoms with Crippen molar-refractivity contribution in [2.45, 2.75) is 33.1 Å². The molecule has 0 aromatic heterocycles. The second-order valence-corrected chi connectivity index (χ2v) is 5.93. The van der Waals surface area contributed by atoms with Crippen molar-refractivity contribution in [2.75, 3.05) is 26.3 Å². The number of nitrogens with zero attached hydrogens (tertiary/aromatic N) is 1. The Bertz CT molecular complexity index is 587. The van der Waals surface area contributed by atoms with Gasteiger partial charge in [0.05, 0.1) is 19.1 Å². The Morgan fingerprint density at radius 1 is 1.17 bits per heavy atom. The van der Waals surface area contributed by atoms with E-state index in [1.165, 1.54) is 0 Å². The summed E-state index contributed by atoms with van der Waals surface area (Å²) in [6.45, 7) is 5.89. The third kappa shape index (κ3) is 4.40. The molecular weight excluding hydrogens is 310 g/mol. The molecule has 6 heteroatoms. The number of aliphatic carboxylic acids is 1. The zero-order valence-electron chi connectivity index (χ0n) is 14.3. The molecule has 0 saturated carbocycles. The predicted octanol–water partition coefficient (Wildman–Crippen LogP) is 2.81. The summed E-state index contributed by atoms with van der Waals surface area (Å²) in [5.74, 6) is -0.295. The van der Waals surface area contributed by atoms with E-state index in [1.54, 1.807) is 23.1 Å². The number of carboxylic acid groups (broad SMARTS) is 1. The number of likely N-dealkylation sites (tertiary alicyclic amines) is 1. The zero-order valence-corrected chi connectivity index (χ0v) is 14.3. The molecule has 1 amide bonds. The Morgan fingerprint density at radius 3 is 2.42 bits per heavy atom. The lowest BCUT2D eigenvalue weighted by atomic mass is 10.1. The van der Waals surface area contributed by atoms with E-state index in [-0.39, 0.29) is 12.5 Å². The van der Waals surface area contributed by atoms with Crippen LogP contribution >= 0.6 is 0 Å². The Labute approximate surface area is 142 Å². The molecular formula is C18H25NO5. The Balaban J connectivity index is 2.14. The molecule has 6 nitrogen and oxygen atoms in total. The Morgan fingerprint density at radius 2 is 1.83 bits per heavy atom. The normalized spacial score (nSPS) is 16.9. The summed E-state index contributed by atoms with van der Waals surface area (Å²) in [4.78, 5) is 25.2. The number of benzene rings is 1. The molecule has 0 unspecified atom stereocenters. The van der Waals surface area contributed by atoms with Gasteiger partial charge in [0.1, 0.15) is 0 Å². The topological polar surface area (TPSA) is 76.1 Å². The van der Waals surface area contributed by atoms with Gasteiger partial charge in [-0.2, -0.15) is 0 Å². The lowest BCUT2D eigenvalue weighted by molar-refractivity contribution is -0.141. The van der Waals surface area contributed by atoms with Crippen molar-refractivity contribution in [3.63, 3.8) is 0 Å². The molecule has 132 valence electrons. The number of carboxylic acids is 1. The summed E-state index contributed by atoms with van der Waals surface area (Å²) in [5.41, 5.74) is 0.496. The van der Waals surface area contributed by atoms with E-state index < -0.39 is 11.9 Å². The van der Waals surface area contributed by atoms with Gasteiger partial charge in [0.2, 0.25) is 0 Å². The molecule has 1 fully saturated rings. The van der Waals surface area contributed by atoms with Crippen LogP contribution in [0, 0.1) is 5.92 Å². The quantitative estimate of drug-likeness (QED) is 0.790. The first-order valence-electron chi connectivity index (χ1n) is 8.48. The summed E-state index contributed by atoms with van der Waals surface area (Å²) < 4.78 is 11.4. The number of hydrogen-bond acceptors (Lipinski definition) is 4. The molecule has 1 aromatic carbocycles. The third-order valence-corrected chi connectivity index (χ3v) is 3.94. The van der Waals surface area contributed by atoms with Crippen molar-refractivity contribution in [2.24, 2.45) is 5.92 Å². The van der Waals surface area contributed by atoms with Gasteiger partial charge in [0, 0.05) is 18.7 Å². The molecule has 1 N–H and O–H groups in total. The fraction of sp³-hybridized carbons (Fsp3) is 0.556. The minimum Gasteiger partial charge on any atom is -0.490 e. The highest BCUT2D eigenvalue weighted by Crippen LogP contribution is 2.30.